The highest BCUT2D eigenvalue weighted by Gasteiger charge is 2.14. The van der Waals surface area contributed by atoms with Gasteiger partial charge in [0.2, 0.25) is 0 Å². The molecule has 0 aliphatic carbocycles. The van der Waals surface area contributed by atoms with Crippen molar-refractivity contribution in [3.8, 4) is 0 Å². The van der Waals surface area contributed by atoms with E-state index in [2.05, 4.69) is 23.3 Å². The van der Waals surface area contributed by atoms with Gasteiger partial charge in [-0.1, -0.05) is 13.0 Å². The van der Waals surface area contributed by atoms with E-state index in [0.717, 1.165) is 12.2 Å². The molecule has 0 saturated carbocycles. The molecule has 1 aromatic heterocycles. The number of hydrogen-bond acceptors (Lipinski definition) is 3. The minimum atomic E-state index is 0.615. The Morgan fingerprint density at radius 2 is 2.53 bits per heavy atom. The molecule has 1 aliphatic heterocycles. The third-order valence-corrected chi connectivity index (χ3v) is 3.99. The Kier molecular flexibility index (Phi) is 3.89. The summed E-state index contributed by atoms with van der Waals surface area (Å²) in [4.78, 5) is 4.42. The van der Waals surface area contributed by atoms with Crippen LogP contribution in [-0.2, 0) is 6.42 Å². The van der Waals surface area contributed by atoms with Gasteiger partial charge >= 0.3 is 0 Å². The van der Waals surface area contributed by atoms with Gasteiger partial charge in [0.25, 0.3) is 0 Å². The first-order chi connectivity index (χ1) is 7.40. The van der Waals surface area contributed by atoms with Crippen molar-refractivity contribution in [1.82, 2.24) is 4.98 Å². The van der Waals surface area contributed by atoms with Crippen LogP contribution in [0.4, 0.5) is 5.82 Å². The number of nitrogens with one attached hydrogen (secondary N) is 1. The Labute approximate surface area is 95.9 Å². The van der Waals surface area contributed by atoms with Crippen molar-refractivity contribution in [3.05, 3.63) is 23.9 Å². The van der Waals surface area contributed by atoms with Gasteiger partial charge in [-0.25, -0.2) is 4.98 Å². The second-order valence-electron chi connectivity index (χ2n) is 3.92. The molecule has 1 aromatic rings. The molecule has 1 saturated heterocycles. The minimum absolute atomic E-state index is 0.615. The summed E-state index contributed by atoms with van der Waals surface area (Å²) >= 11 is 2.05. The van der Waals surface area contributed by atoms with E-state index in [1.165, 1.54) is 29.9 Å². The Hall–Kier alpha value is -0.700. The Balaban J connectivity index is 2.02. The summed E-state index contributed by atoms with van der Waals surface area (Å²) in [5.41, 5.74) is 1.33. The highest BCUT2D eigenvalue weighted by Crippen LogP contribution is 2.21. The van der Waals surface area contributed by atoms with Gasteiger partial charge in [0, 0.05) is 18.0 Å². The predicted octanol–water partition coefficient (Wildman–Crippen LogP) is 2.95. The summed E-state index contributed by atoms with van der Waals surface area (Å²) < 4.78 is 0. The number of aromatic nitrogens is 1. The lowest BCUT2D eigenvalue weighted by atomic mass is 10.1. The van der Waals surface area contributed by atoms with Gasteiger partial charge in [-0.05, 0) is 36.6 Å². The van der Waals surface area contributed by atoms with E-state index in [1.807, 2.05) is 24.0 Å². The van der Waals surface area contributed by atoms with Crippen LogP contribution in [0.25, 0.3) is 0 Å². The molecule has 0 bridgehead atoms. The number of rotatable bonds is 3. The van der Waals surface area contributed by atoms with Crippen LogP contribution in [0, 0.1) is 0 Å². The highest BCUT2D eigenvalue weighted by atomic mass is 32.2. The Morgan fingerprint density at radius 3 is 3.27 bits per heavy atom. The number of nitrogens with zero attached hydrogens (tertiary/aromatic N) is 1. The van der Waals surface area contributed by atoms with Gasteiger partial charge in [0.05, 0.1) is 0 Å². The van der Waals surface area contributed by atoms with Crippen LogP contribution in [0.5, 0.6) is 0 Å². The van der Waals surface area contributed by atoms with Crippen LogP contribution < -0.4 is 5.32 Å². The first-order valence-corrected chi connectivity index (χ1v) is 6.84. The SMILES string of the molecule is CCc1cccnc1NC1CCCSC1. The fraction of sp³-hybridized carbons (Fsp3) is 0.583. The lowest BCUT2D eigenvalue weighted by Crippen LogP contribution is -2.26. The van der Waals surface area contributed by atoms with Gasteiger partial charge < -0.3 is 5.32 Å². The molecule has 15 heavy (non-hydrogen) atoms. The zero-order valence-corrected chi connectivity index (χ0v) is 10.0. The first kappa shape index (κ1) is 10.8. The maximum Gasteiger partial charge on any atom is 0.129 e. The van der Waals surface area contributed by atoms with Crippen molar-refractivity contribution in [2.24, 2.45) is 0 Å². The van der Waals surface area contributed by atoms with Crippen LogP contribution in [0.15, 0.2) is 18.3 Å². The summed E-state index contributed by atoms with van der Waals surface area (Å²) in [7, 11) is 0. The Bertz CT molecular complexity index is 308. The molecular formula is C12H18N2S. The fourth-order valence-electron chi connectivity index (χ4n) is 1.90. The third-order valence-electron chi connectivity index (χ3n) is 2.77. The van der Waals surface area contributed by atoms with Crippen molar-refractivity contribution in [3.63, 3.8) is 0 Å². The van der Waals surface area contributed by atoms with Crippen molar-refractivity contribution in [1.29, 1.82) is 0 Å². The molecule has 2 nitrogen and oxygen atoms in total. The van der Waals surface area contributed by atoms with Gasteiger partial charge in [-0.2, -0.15) is 11.8 Å². The maximum atomic E-state index is 4.42. The monoisotopic (exact) mass is 222 g/mol. The third kappa shape index (κ3) is 2.88. The zero-order valence-electron chi connectivity index (χ0n) is 9.20. The fourth-order valence-corrected chi connectivity index (χ4v) is 2.97. The lowest BCUT2D eigenvalue weighted by molar-refractivity contribution is 0.681. The quantitative estimate of drug-likeness (QED) is 0.851. The molecule has 3 heteroatoms. The summed E-state index contributed by atoms with van der Waals surface area (Å²) in [6.07, 6.45) is 5.54. The van der Waals surface area contributed by atoms with Crippen LogP contribution >= 0.6 is 11.8 Å². The molecule has 1 atom stereocenters. The van der Waals surface area contributed by atoms with Gasteiger partial charge in [-0.3, -0.25) is 0 Å². The molecule has 1 fully saturated rings. The second kappa shape index (κ2) is 5.40. The highest BCUT2D eigenvalue weighted by molar-refractivity contribution is 7.99. The topological polar surface area (TPSA) is 24.9 Å². The minimum Gasteiger partial charge on any atom is -0.366 e. The zero-order chi connectivity index (χ0) is 10.5. The van der Waals surface area contributed by atoms with E-state index in [4.69, 9.17) is 0 Å². The summed E-state index contributed by atoms with van der Waals surface area (Å²) in [6, 6.07) is 4.79. The van der Waals surface area contributed by atoms with Crippen LogP contribution in [0.1, 0.15) is 25.3 Å². The van der Waals surface area contributed by atoms with Crippen LogP contribution in [0.2, 0.25) is 0 Å². The first-order valence-electron chi connectivity index (χ1n) is 5.68. The molecule has 82 valence electrons. The van der Waals surface area contributed by atoms with E-state index in [-0.39, 0.29) is 0 Å². The van der Waals surface area contributed by atoms with Crippen LogP contribution in [-0.4, -0.2) is 22.5 Å². The van der Waals surface area contributed by atoms with Gasteiger partial charge in [-0.15, -0.1) is 0 Å². The lowest BCUT2D eigenvalue weighted by Gasteiger charge is -2.23. The summed E-state index contributed by atoms with van der Waals surface area (Å²) in [5.74, 6) is 3.63. The standard InChI is InChI=1S/C12H18N2S/c1-2-10-5-3-7-13-12(10)14-11-6-4-8-15-9-11/h3,5,7,11H,2,4,6,8-9H2,1H3,(H,13,14). The Morgan fingerprint density at radius 1 is 1.60 bits per heavy atom. The van der Waals surface area contributed by atoms with E-state index in [9.17, 15) is 0 Å². The van der Waals surface area contributed by atoms with E-state index in [1.54, 1.807) is 0 Å². The smallest absolute Gasteiger partial charge is 0.129 e. The molecular weight excluding hydrogens is 204 g/mol. The van der Waals surface area contributed by atoms with Crippen molar-refractivity contribution in [2.75, 3.05) is 16.8 Å². The molecule has 2 heterocycles. The molecule has 2 rings (SSSR count). The normalized spacial score (nSPS) is 21.3. The van der Waals surface area contributed by atoms with E-state index < -0.39 is 0 Å². The number of hydrogen-bond donors (Lipinski definition) is 1. The number of aryl methyl sites for hydroxylation is 1. The number of thioether (sulfide) groups is 1. The van der Waals surface area contributed by atoms with Crippen molar-refractivity contribution in [2.45, 2.75) is 32.2 Å². The average molecular weight is 222 g/mol. The molecule has 0 amide bonds. The molecule has 0 spiro atoms. The molecule has 1 N–H and O–H groups in total. The van der Waals surface area contributed by atoms with Gasteiger partial charge in [0.15, 0.2) is 0 Å². The molecule has 1 unspecified atom stereocenters. The van der Waals surface area contributed by atoms with E-state index >= 15 is 0 Å². The van der Waals surface area contributed by atoms with Crippen molar-refractivity contribution >= 4 is 17.6 Å². The summed E-state index contributed by atoms with van der Waals surface area (Å²) in [6.45, 7) is 2.18. The van der Waals surface area contributed by atoms with E-state index in [0.29, 0.717) is 6.04 Å². The average Bonchev–Trinajstić information content (AvgIpc) is 2.31. The number of anilines is 1. The molecule has 0 radical (unpaired) electrons. The largest absolute Gasteiger partial charge is 0.366 e. The van der Waals surface area contributed by atoms with Crippen molar-refractivity contribution < 1.29 is 0 Å². The van der Waals surface area contributed by atoms with Crippen LogP contribution in [0.3, 0.4) is 0 Å². The van der Waals surface area contributed by atoms with Gasteiger partial charge in [0.1, 0.15) is 5.82 Å². The molecule has 1 aliphatic rings. The predicted molar refractivity (Wildman–Crippen MR) is 67.6 cm³/mol. The second-order valence-corrected chi connectivity index (χ2v) is 5.07. The summed E-state index contributed by atoms with van der Waals surface area (Å²) in [5, 5.41) is 3.57. The molecule has 0 aromatic carbocycles. The maximum absolute atomic E-state index is 4.42. The number of pyridine rings is 1.